The highest BCUT2D eigenvalue weighted by Gasteiger charge is 2.42. The Hall–Kier alpha value is -3.37. The molecule has 1 amide bonds. The summed E-state index contributed by atoms with van der Waals surface area (Å²) in [5.41, 5.74) is 3.79. The molecular formula is C18H16F4N4O3. The molecule has 1 aromatic heterocycles. The van der Waals surface area contributed by atoms with Crippen molar-refractivity contribution in [1.82, 2.24) is 4.98 Å². The second-order valence-corrected chi connectivity index (χ2v) is 6.28. The van der Waals surface area contributed by atoms with Crippen LogP contribution >= 0.6 is 0 Å². The van der Waals surface area contributed by atoms with Crippen molar-refractivity contribution >= 4 is 17.6 Å². The van der Waals surface area contributed by atoms with Crippen LogP contribution in [0.3, 0.4) is 0 Å². The van der Waals surface area contributed by atoms with Crippen LogP contribution in [0, 0.1) is 5.82 Å². The predicted molar refractivity (Wildman–Crippen MR) is 95.0 cm³/mol. The Morgan fingerprint density at radius 1 is 1.38 bits per heavy atom. The molecule has 0 spiro atoms. The summed E-state index contributed by atoms with van der Waals surface area (Å²) in [7, 11) is 0. The predicted octanol–water partition coefficient (Wildman–Crippen LogP) is 2.97. The molecule has 0 saturated carbocycles. The maximum absolute atomic E-state index is 14.4. The quantitative estimate of drug-likeness (QED) is 0.736. The van der Waals surface area contributed by atoms with Crippen molar-refractivity contribution in [3.05, 3.63) is 53.6 Å². The normalized spacial score (nSPS) is 21.3. The monoisotopic (exact) mass is 412 g/mol. The molecule has 3 N–H and O–H groups in total. The number of rotatable bonds is 5. The number of hydrogen-bond donors (Lipinski definition) is 2. The van der Waals surface area contributed by atoms with E-state index in [1.165, 1.54) is 25.1 Å². The van der Waals surface area contributed by atoms with Gasteiger partial charge in [-0.3, -0.25) is 4.79 Å². The first kappa shape index (κ1) is 20.4. The summed E-state index contributed by atoms with van der Waals surface area (Å²) in [6.07, 6.45) is -0.704. The molecule has 0 bridgehead atoms. The van der Waals surface area contributed by atoms with Crippen LogP contribution in [0.2, 0.25) is 0 Å². The largest absolute Gasteiger partial charge is 0.462 e. The number of benzene rings is 1. The zero-order valence-electron chi connectivity index (χ0n) is 15.0. The SMILES string of the molecule is C[C@]1(c2cc(NC(=O)c3ccc(OC(F)F)cn3)ccc2F)N=C(N)OC[C@@H]1F. The number of nitrogens with zero attached hydrogens (tertiary/aromatic N) is 2. The zero-order valence-corrected chi connectivity index (χ0v) is 15.0. The lowest BCUT2D eigenvalue weighted by molar-refractivity contribution is -0.0500. The number of nitrogens with two attached hydrogens (primary N) is 1. The van der Waals surface area contributed by atoms with E-state index in [0.29, 0.717) is 0 Å². The van der Waals surface area contributed by atoms with E-state index < -0.39 is 36.7 Å². The summed E-state index contributed by atoms with van der Waals surface area (Å²) in [5.74, 6) is -1.64. The van der Waals surface area contributed by atoms with E-state index in [2.05, 4.69) is 20.0 Å². The molecule has 2 atom stereocenters. The van der Waals surface area contributed by atoms with Gasteiger partial charge in [0.1, 0.15) is 29.4 Å². The first-order valence-corrected chi connectivity index (χ1v) is 8.33. The smallest absolute Gasteiger partial charge is 0.387 e. The van der Waals surface area contributed by atoms with Crippen molar-refractivity contribution in [3.8, 4) is 5.75 Å². The Balaban J connectivity index is 1.83. The lowest BCUT2D eigenvalue weighted by Crippen LogP contribution is -2.43. The first-order chi connectivity index (χ1) is 13.7. The summed E-state index contributed by atoms with van der Waals surface area (Å²) in [4.78, 5) is 19.9. The van der Waals surface area contributed by atoms with E-state index in [4.69, 9.17) is 10.5 Å². The van der Waals surface area contributed by atoms with Gasteiger partial charge >= 0.3 is 6.61 Å². The van der Waals surface area contributed by atoms with Gasteiger partial charge in [0.25, 0.3) is 11.9 Å². The van der Waals surface area contributed by atoms with E-state index in [-0.39, 0.29) is 28.7 Å². The number of nitrogens with one attached hydrogen (secondary N) is 1. The van der Waals surface area contributed by atoms with E-state index in [1.807, 2.05) is 0 Å². The van der Waals surface area contributed by atoms with Gasteiger partial charge in [-0.2, -0.15) is 8.78 Å². The van der Waals surface area contributed by atoms with Crippen LogP contribution in [-0.4, -0.2) is 36.3 Å². The number of aliphatic imine (C=N–C) groups is 1. The second kappa shape index (κ2) is 7.94. The molecule has 3 rings (SSSR count). The van der Waals surface area contributed by atoms with E-state index >= 15 is 0 Å². The van der Waals surface area contributed by atoms with Crippen LogP contribution in [0.15, 0.2) is 41.5 Å². The van der Waals surface area contributed by atoms with Gasteiger partial charge in [-0.1, -0.05) is 0 Å². The third-order valence-corrected chi connectivity index (χ3v) is 4.29. The van der Waals surface area contributed by atoms with Crippen LogP contribution in [0.5, 0.6) is 5.75 Å². The molecule has 2 aromatic rings. The Labute approximate surface area is 162 Å². The van der Waals surface area contributed by atoms with Gasteiger partial charge in [-0.15, -0.1) is 0 Å². The van der Waals surface area contributed by atoms with Crippen molar-refractivity contribution < 1.29 is 31.8 Å². The number of ether oxygens (including phenoxy) is 2. The molecule has 11 heteroatoms. The third-order valence-electron chi connectivity index (χ3n) is 4.29. The number of amides is 1. The topological polar surface area (TPSA) is 98.8 Å². The molecule has 29 heavy (non-hydrogen) atoms. The van der Waals surface area contributed by atoms with E-state index in [9.17, 15) is 22.4 Å². The fourth-order valence-electron chi connectivity index (χ4n) is 2.75. The molecule has 0 unspecified atom stereocenters. The average molecular weight is 412 g/mol. The van der Waals surface area contributed by atoms with Crippen molar-refractivity contribution in [2.75, 3.05) is 11.9 Å². The number of halogens is 4. The lowest BCUT2D eigenvalue weighted by Gasteiger charge is -2.33. The average Bonchev–Trinajstić information content (AvgIpc) is 2.66. The van der Waals surface area contributed by atoms with Gasteiger partial charge in [0, 0.05) is 11.3 Å². The van der Waals surface area contributed by atoms with Gasteiger partial charge in [0.15, 0.2) is 6.17 Å². The minimum Gasteiger partial charge on any atom is -0.462 e. The number of aromatic nitrogens is 1. The number of anilines is 1. The minimum absolute atomic E-state index is 0.0968. The summed E-state index contributed by atoms with van der Waals surface area (Å²) >= 11 is 0. The van der Waals surface area contributed by atoms with Crippen molar-refractivity contribution in [2.24, 2.45) is 10.7 Å². The van der Waals surface area contributed by atoms with Crippen molar-refractivity contribution in [1.29, 1.82) is 0 Å². The highest BCUT2D eigenvalue weighted by Crippen LogP contribution is 2.37. The summed E-state index contributed by atoms with van der Waals surface area (Å²) in [5, 5.41) is 2.48. The van der Waals surface area contributed by atoms with Crippen molar-refractivity contribution in [2.45, 2.75) is 25.2 Å². The zero-order chi connectivity index (χ0) is 21.2. The Bertz CT molecular complexity index is 939. The van der Waals surface area contributed by atoms with Crippen LogP contribution in [0.1, 0.15) is 23.0 Å². The number of carbonyl (C=O) groups excluding carboxylic acids is 1. The second-order valence-electron chi connectivity index (χ2n) is 6.28. The molecule has 1 aliphatic heterocycles. The van der Waals surface area contributed by atoms with E-state index in [0.717, 1.165) is 18.3 Å². The van der Waals surface area contributed by atoms with Gasteiger partial charge < -0.3 is 20.5 Å². The first-order valence-electron chi connectivity index (χ1n) is 8.33. The molecule has 154 valence electrons. The van der Waals surface area contributed by atoms with E-state index in [1.54, 1.807) is 0 Å². The van der Waals surface area contributed by atoms with Crippen LogP contribution in [0.4, 0.5) is 23.2 Å². The summed E-state index contributed by atoms with van der Waals surface area (Å²) < 4.78 is 62.1. The van der Waals surface area contributed by atoms with Crippen LogP contribution in [-0.2, 0) is 10.3 Å². The van der Waals surface area contributed by atoms with Gasteiger partial charge in [-0.25, -0.2) is 18.8 Å². The maximum Gasteiger partial charge on any atom is 0.387 e. The highest BCUT2D eigenvalue weighted by atomic mass is 19.3. The number of alkyl halides is 3. The highest BCUT2D eigenvalue weighted by molar-refractivity contribution is 6.02. The lowest BCUT2D eigenvalue weighted by atomic mass is 9.86. The Morgan fingerprint density at radius 3 is 2.79 bits per heavy atom. The fourth-order valence-corrected chi connectivity index (χ4v) is 2.75. The van der Waals surface area contributed by atoms with Crippen molar-refractivity contribution in [3.63, 3.8) is 0 Å². The van der Waals surface area contributed by atoms with Gasteiger partial charge in [0.05, 0.1) is 6.20 Å². The molecule has 1 aromatic carbocycles. The summed E-state index contributed by atoms with van der Waals surface area (Å²) in [6, 6.07) is 5.62. The molecule has 0 radical (unpaired) electrons. The fraction of sp³-hybridized carbons (Fsp3) is 0.278. The Morgan fingerprint density at radius 2 is 2.14 bits per heavy atom. The number of hydrogen-bond acceptors (Lipinski definition) is 6. The molecule has 7 nitrogen and oxygen atoms in total. The van der Waals surface area contributed by atoms with Crippen LogP contribution in [0.25, 0.3) is 0 Å². The molecule has 2 heterocycles. The van der Waals surface area contributed by atoms with Crippen LogP contribution < -0.4 is 15.8 Å². The molecule has 1 aliphatic rings. The molecule has 0 aliphatic carbocycles. The molecular weight excluding hydrogens is 396 g/mol. The number of amidine groups is 1. The minimum atomic E-state index is -3.02. The summed E-state index contributed by atoms with van der Waals surface area (Å²) in [6.45, 7) is -2.05. The van der Waals surface area contributed by atoms with Gasteiger partial charge in [0.2, 0.25) is 0 Å². The Kier molecular flexibility index (Phi) is 5.57. The molecule has 0 fully saturated rings. The maximum atomic E-state index is 14.4. The standard InChI is InChI=1S/C18H16F4N4O3/c1-18(14(20)8-28-17(23)26-18)11-6-9(2-4-12(11)19)25-15(27)13-5-3-10(7-24-13)29-16(21)22/h2-7,14,16H,8H2,1H3,(H2,23,26)(H,25,27)/t14-,18+/m0/s1. The molecule has 0 saturated heterocycles. The van der Waals surface area contributed by atoms with Gasteiger partial charge in [-0.05, 0) is 37.3 Å². The third kappa shape index (κ3) is 4.39. The number of pyridine rings is 1. The number of carbonyl (C=O) groups is 1.